The minimum atomic E-state index is 0.149. The highest BCUT2D eigenvalue weighted by Gasteiger charge is 2.44. The average molecular weight is 441 g/mol. The highest BCUT2D eigenvalue weighted by molar-refractivity contribution is 5.75. The first-order valence-electron chi connectivity index (χ1n) is 11.5. The summed E-state index contributed by atoms with van der Waals surface area (Å²) in [6, 6.07) is 21.0. The van der Waals surface area contributed by atoms with E-state index in [1.54, 1.807) is 18.5 Å². The predicted molar refractivity (Wildman–Crippen MR) is 128 cm³/mol. The molecule has 0 bridgehead atoms. The first kappa shape index (κ1) is 21.2. The third-order valence-electron chi connectivity index (χ3n) is 6.44. The van der Waals surface area contributed by atoms with Gasteiger partial charge in [0.1, 0.15) is 5.75 Å². The summed E-state index contributed by atoms with van der Waals surface area (Å²) in [7, 11) is 1.95. The number of hydrogen-bond donors (Lipinski definition) is 0. The monoisotopic (exact) mass is 440 g/mol. The lowest BCUT2D eigenvalue weighted by atomic mass is 10.0. The van der Waals surface area contributed by atoms with Gasteiger partial charge in [-0.2, -0.15) is 0 Å². The minimum absolute atomic E-state index is 0.149. The molecule has 1 aliphatic heterocycles. The zero-order valence-electron chi connectivity index (χ0n) is 18.8. The van der Waals surface area contributed by atoms with E-state index in [1.165, 1.54) is 11.1 Å². The van der Waals surface area contributed by atoms with Crippen molar-refractivity contribution in [1.29, 1.82) is 0 Å². The number of hydrogen-bond acceptors (Lipinski definition) is 4. The normalized spacial score (nSPS) is 19.7. The quantitative estimate of drug-likeness (QED) is 0.536. The lowest BCUT2D eigenvalue weighted by molar-refractivity contribution is 0.156. The zero-order chi connectivity index (χ0) is 22.6. The third-order valence-corrected chi connectivity index (χ3v) is 6.44. The highest BCUT2D eigenvalue weighted by Crippen LogP contribution is 2.44. The SMILES string of the molecule is CN(C(=O)N1CCC(=Cc2cccc(Oc3ncccn3)c2)CC1)[C@@H]1C[C@H]1c1ccccc1. The molecular formula is C27H28N4O2. The fourth-order valence-electron chi connectivity index (χ4n) is 4.51. The van der Waals surface area contributed by atoms with Crippen LogP contribution in [0, 0.1) is 0 Å². The van der Waals surface area contributed by atoms with Crippen molar-refractivity contribution in [2.45, 2.75) is 31.2 Å². The van der Waals surface area contributed by atoms with Crippen LogP contribution < -0.4 is 4.74 Å². The van der Waals surface area contributed by atoms with E-state index in [0.717, 1.165) is 37.9 Å². The highest BCUT2D eigenvalue weighted by atomic mass is 16.5. The second-order valence-electron chi connectivity index (χ2n) is 8.71. The summed E-state index contributed by atoms with van der Waals surface area (Å²) in [6.07, 6.45) is 8.35. The van der Waals surface area contributed by atoms with Crippen LogP contribution in [0.5, 0.6) is 11.8 Å². The van der Waals surface area contributed by atoms with E-state index in [9.17, 15) is 4.79 Å². The Hall–Kier alpha value is -3.67. The Bertz CT molecular complexity index is 1120. The summed E-state index contributed by atoms with van der Waals surface area (Å²) in [4.78, 5) is 25.2. The van der Waals surface area contributed by atoms with E-state index in [1.807, 2.05) is 41.1 Å². The predicted octanol–water partition coefficient (Wildman–Crippen LogP) is 5.36. The van der Waals surface area contributed by atoms with E-state index in [2.05, 4.69) is 46.4 Å². The summed E-state index contributed by atoms with van der Waals surface area (Å²) in [6.45, 7) is 1.51. The topological polar surface area (TPSA) is 58.6 Å². The Morgan fingerprint density at radius 1 is 1.03 bits per heavy atom. The number of carbonyl (C=O) groups is 1. The van der Waals surface area contributed by atoms with Gasteiger partial charge in [-0.3, -0.25) is 0 Å². The maximum atomic E-state index is 13.0. The van der Waals surface area contributed by atoms with Gasteiger partial charge in [0.15, 0.2) is 0 Å². The molecule has 2 aromatic carbocycles. The molecule has 2 aliphatic rings. The summed E-state index contributed by atoms with van der Waals surface area (Å²) >= 11 is 0. The maximum absolute atomic E-state index is 13.0. The third kappa shape index (κ3) is 5.06. The van der Waals surface area contributed by atoms with Crippen LogP contribution in [0.25, 0.3) is 6.08 Å². The molecule has 0 radical (unpaired) electrons. The van der Waals surface area contributed by atoms with Crippen molar-refractivity contribution in [3.63, 3.8) is 0 Å². The van der Waals surface area contributed by atoms with Crippen molar-refractivity contribution >= 4 is 12.1 Å². The molecular weight excluding hydrogens is 412 g/mol. The van der Waals surface area contributed by atoms with Gasteiger partial charge in [-0.1, -0.05) is 54.1 Å². The second kappa shape index (κ2) is 9.45. The Balaban J connectivity index is 1.16. The number of nitrogens with zero attached hydrogens (tertiary/aromatic N) is 4. The fourth-order valence-corrected chi connectivity index (χ4v) is 4.51. The van der Waals surface area contributed by atoms with Crippen LogP contribution >= 0.6 is 0 Å². The molecule has 1 saturated carbocycles. The van der Waals surface area contributed by atoms with Crippen LogP contribution in [-0.2, 0) is 0 Å². The van der Waals surface area contributed by atoms with E-state index >= 15 is 0 Å². The Morgan fingerprint density at radius 3 is 2.55 bits per heavy atom. The maximum Gasteiger partial charge on any atom is 0.321 e. The molecule has 2 amide bonds. The van der Waals surface area contributed by atoms with Crippen molar-refractivity contribution in [3.8, 4) is 11.8 Å². The molecule has 0 N–H and O–H groups in total. The summed E-state index contributed by atoms with van der Waals surface area (Å²) in [5.74, 6) is 1.18. The van der Waals surface area contributed by atoms with Crippen molar-refractivity contribution < 1.29 is 9.53 Å². The molecule has 1 aliphatic carbocycles. The van der Waals surface area contributed by atoms with E-state index < -0.39 is 0 Å². The Morgan fingerprint density at radius 2 is 1.79 bits per heavy atom. The molecule has 2 heterocycles. The molecule has 2 atom stereocenters. The molecule has 3 aromatic rings. The van der Waals surface area contributed by atoms with Crippen LogP contribution in [-0.4, -0.2) is 52.0 Å². The molecule has 5 rings (SSSR count). The zero-order valence-corrected chi connectivity index (χ0v) is 18.8. The van der Waals surface area contributed by atoms with Gasteiger partial charge in [-0.25, -0.2) is 14.8 Å². The van der Waals surface area contributed by atoms with Crippen molar-refractivity contribution in [1.82, 2.24) is 19.8 Å². The van der Waals surface area contributed by atoms with Crippen LogP contribution in [0.15, 0.2) is 78.6 Å². The van der Waals surface area contributed by atoms with E-state index in [-0.39, 0.29) is 6.03 Å². The van der Waals surface area contributed by atoms with Crippen LogP contribution in [0.1, 0.15) is 36.3 Å². The van der Waals surface area contributed by atoms with Gasteiger partial charge in [-0.05, 0) is 48.6 Å². The molecule has 33 heavy (non-hydrogen) atoms. The lowest BCUT2D eigenvalue weighted by Crippen LogP contribution is -2.45. The molecule has 1 saturated heterocycles. The van der Waals surface area contributed by atoms with E-state index in [0.29, 0.717) is 23.7 Å². The van der Waals surface area contributed by atoms with Gasteiger partial charge in [0, 0.05) is 44.5 Å². The summed E-state index contributed by atoms with van der Waals surface area (Å²) < 4.78 is 5.74. The van der Waals surface area contributed by atoms with Crippen molar-refractivity contribution in [2.24, 2.45) is 0 Å². The van der Waals surface area contributed by atoms with Gasteiger partial charge < -0.3 is 14.5 Å². The number of urea groups is 1. The fraction of sp³-hybridized carbons (Fsp3) is 0.296. The van der Waals surface area contributed by atoms with Gasteiger partial charge in [0.2, 0.25) is 0 Å². The largest absolute Gasteiger partial charge is 0.424 e. The van der Waals surface area contributed by atoms with Gasteiger partial charge in [-0.15, -0.1) is 0 Å². The van der Waals surface area contributed by atoms with Gasteiger partial charge in [0.25, 0.3) is 0 Å². The van der Waals surface area contributed by atoms with Crippen LogP contribution in [0.2, 0.25) is 0 Å². The second-order valence-corrected chi connectivity index (χ2v) is 8.71. The first-order valence-corrected chi connectivity index (χ1v) is 11.5. The van der Waals surface area contributed by atoms with Gasteiger partial charge in [0.05, 0.1) is 0 Å². The number of benzene rings is 2. The van der Waals surface area contributed by atoms with Crippen molar-refractivity contribution in [3.05, 3.63) is 89.8 Å². The molecule has 0 unspecified atom stereocenters. The standard InChI is InChI=1S/C27H28N4O2/c1-30(25-19-24(25)22-8-3-2-4-9-22)27(32)31-15-11-20(12-16-31)17-21-7-5-10-23(18-21)33-26-28-13-6-14-29-26/h2-10,13-14,17-18,24-25H,11-12,15-16,19H2,1H3/t24-,25+/m0/s1. The molecule has 0 spiro atoms. The average Bonchev–Trinajstić information content (AvgIpc) is 3.66. The smallest absolute Gasteiger partial charge is 0.321 e. The molecule has 2 fully saturated rings. The number of rotatable bonds is 5. The number of aromatic nitrogens is 2. The Kier molecular flexibility index (Phi) is 6.07. The minimum Gasteiger partial charge on any atom is -0.424 e. The Labute approximate surface area is 194 Å². The number of likely N-dealkylation sites (tertiary alicyclic amines) is 1. The van der Waals surface area contributed by atoms with Crippen molar-refractivity contribution in [2.75, 3.05) is 20.1 Å². The number of carbonyl (C=O) groups excluding carboxylic acids is 1. The van der Waals surface area contributed by atoms with Crippen LogP contribution in [0.4, 0.5) is 4.79 Å². The molecule has 6 heteroatoms. The summed E-state index contributed by atoms with van der Waals surface area (Å²) in [5.41, 5.74) is 3.76. The summed E-state index contributed by atoms with van der Waals surface area (Å²) in [5, 5.41) is 0. The number of likely N-dealkylation sites (N-methyl/N-ethyl adjacent to an activating group) is 1. The number of piperidine rings is 1. The molecule has 168 valence electrons. The van der Waals surface area contributed by atoms with Gasteiger partial charge >= 0.3 is 12.0 Å². The molecule has 6 nitrogen and oxygen atoms in total. The lowest BCUT2D eigenvalue weighted by Gasteiger charge is -2.32. The van der Waals surface area contributed by atoms with Crippen LogP contribution in [0.3, 0.4) is 0 Å². The number of ether oxygens (including phenoxy) is 1. The first-order chi connectivity index (χ1) is 16.2. The van der Waals surface area contributed by atoms with E-state index in [4.69, 9.17) is 4.74 Å². The number of amides is 2. The molecule has 1 aromatic heterocycles.